The number of ketones is 1. The van der Waals surface area contributed by atoms with Crippen molar-refractivity contribution < 1.29 is 4.79 Å². The van der Waals surface area contributed by atoms with E-state index in [-0.39, 0.29) is 5.78 Å². The second kappa shape index (κ2) is 7.17. The van der Waals surface area contributed by atoms with Crippen LogP contribution in [0.3, 0.4) is 0 Å². The molecule has 4 aromatic rings. The van der Waals surface area contributed by atoms with E-state index in [1.54, 1.807) is 17.7 Å². The Bertz CT molecular complexity index is 1010. The molecule has 0 saturated heterocycles. The Kier molecular flexibility index (Phi) is 4.59. The van der Waals surface area contributed by atoms with Crippen LogP contribution < -0.4 is 0 Å². The van der Waals surface area contributed by atoms with Crippen LogP contribution in [0, 0.1) is 0 Å². The molecule has 0 spiro atoms. The van der Waals surface area contributed by atoms with E-state index in [0.29, 0.717) is 5.75 Å². The number of rotatable bonds is 5. The Morgan fingerprint density at radius 2 is 1.68 bits per heavy atom. The number of benzene rings is 2. The fourth-order valence-corrected chi connectivity index (χ4v) is 4.47. The minimum Gasteiger partial charge on any atom is -0.293 e. The van der Waals surface area contributed by atoms with Crippen molar-refractivity contribution in [2.75, 3.05) is 5.75 Å². The first-order valence-electron chi connectivity index (χ1n) is 7.82. The van der Waals surface area contributed by atoms with Crippen LogP contribution in [-0.2, 0) is 0 Å². The van der Waals surface area contributed by atoms with E-state index in [1.165, 1.54) is 17.3 Å². The summed E-state index contributed by atoms with van der Waals surface area (Å²) < 4.78 is 0. The van der Waals surface area contributed by atoms with Crippen molar-refractivity contribution in [3.8, 4) is 10.4 Å². The average molecular weight is 362 g/mol. The Morgan fingerprint density at radius 1 is 0.960 bits per heavy atom. The van der Waals surface area contributed by atoms with Gasteiger partial charge in [-0.25, -0.2) is 9.97 Å². The number of carbonyl (C=O) groups is 1. The summed E-state index contributed by atoms with van der Waals surface area (Å²) in [6.45, 7) is 0. The Labute approximate surface area is 153 Å². The molecule has 0 amide bonds. The summed E-state index contributed by atoms with van der Waals surface area (Å²) in [5.74, 6) is 0.475. The molecule has 2 aromatic carbocycles. The summed E-state index contributed by atoms with van der Waals surface area (Å²) >= 11 is 3.11. The quantitative estimate of drug-likeness (QED) is 0.273. The molecule has 0 bridgehead atoms. The van der Waals surface area contributed by atoms with E-state index in [2.05, 4.69) is 28.2 Å². The summed E-state index contributed by atoms with van der Waals surface area (Å²) in [5, 5.41) is 1.87. The van der Waals surface area contributed by atoms with Crippen LogP contribution in [0.1, 0.15) is 10.4 Å². The van der Waals surface area contributed by atoms with Crippen LogP contribution in [0.25, 0.3) is 20.7 Å². The molecular formula is C20H14N2OS2. The molecule has 3 nitrogen and oxygen atoms in total. The number of Topliss-reactive ketones (excluding diaryl/α,β-unsaturated/α-hetero) is 1. The number of fused-ring (bicyclic) bond motifs is 1. The van der Waals surface area contributed by atoms with Gasteiger partial charge in [-0.15, -0.1) is 11.3 Å². The van der Waals surface area contributed by atoms with E-state index >= 15 is 0 Å². The van der Waals surface area contributed by atoms with E-state index in [4.69, 9.17) is 0 Å². The van der Waals surface area contributed by atoms with Crippen molar-refractivity contribution >= 4 is 39.1 Å². The number of aromatic nitrogens is 2. The summed E-state index contributed by atoms with van der Waals surface area (Å²) in [7, 11) is 0. The molecule has 2 heterocycles. The molecule has 2 aromatic heterocycles. The molecule has 0 radical (unpaired) electrons. The summed E-state index contributed by atoms with van der Waals surface area (Å²) in [5.41, 5.74) is 1.90. The third kappa shape index (κ3) is 3.48. The van der Waals surface area contributed by atoms with Crippen molar-refractivity contribution in [3.63, 3.8) is 0 Å². The monoisotopic (exact) mass is 362 g/mol. The number of thioether (sulfide) groups is 1. The molecular weight excluding hydrogens is 348 g/mol. The van der Waals surface area contributed by atoms with Crippen molar-refractivity contribution in [3.05, 3.63) is 78.6 Å². The van der Waals surface area contributed by atoms with Gasteiger partial charge < -0.3 is 0 Å². The van der Waals surface area contributed by atoms with Gasteiger partial charge in [0.05, 0.1) is 5.75 Å². The van der Waals surface area contributed by atoms with Crippen molar-refractivity contribution in [1.29, 1.82) is 0 Å². The van der Waals surface area contributed by atoms with Gasteiger partial charge in [-0.3, -0.25) is 4.79 Å². The molecule has 0 atom stereocenters. The van der Waals surface area contributed by atoms with Crippen LogP contribution >= 0.6 is 23.1 Å². The van der Waals surface area contributed by atoms with E-state index in [0.717, 1.165) is 25.7 Å². The van der Waals surface area contributed by atoms with Crippen molar-refractivity contribution in [1.82, 2.24) is 9.97 Å². The van der Waals surface area contributed by atoms with Gasteiger partial charge in [0, 0.05) is 15.8 Å². The first-order valence-corrected chi connectivity index (χ1v) is 9.62. The van der Waals surface area contributed by atoms with Gasteiger partial charge in [0.15, 0.2) is 5.78 Å². The number of thiophene rings is 1. The molecule has 0 aliphatic rings. The summed E-state index contributed by atoms with van der Waals surface area (Å²) in [6, 6.07) is 21.7. The standard InChI is InChI=1S/C20H14N2OS2/c23-17(14-7-3-1-4-8-14)12-24-19-16-11-18(15-9-5-2-6-10-15)25-20(16)22-13-21-19/h1-11,13H,12H2. The van der Waals surface area contributed by atoms with Crippen LogP contribution in [-0.4, -0.2) is 21.5 Å². The van der Waals surface area contributed by atoms with Gasteiger partial charge in [-0.05, 0) is 11.6 Å². The SMILES string of the molecule is O=C(CSc1ncnc2sc(-c3ccccc3)cc12)c1ccccc1. The maximum Gasteiger partial charge on any atom is 0.173 e. The van der Waals surface area contributed by atoms with Crippen LogP contribution in [0.5, 0.6) is 0 Å². The molecule has 5 heteroatoms. The van der Waals surface area contributed by atoms with Gasteiger partial charge in [0.25, 0.3) is 0 Å². The van der Waals surface area contributed by atoms with Gasteiger partial charge >= 0.3 is 0 Å². The summed E-state index contributed by atoms with van der Waals surface area (Å²) in [6.07, 6.45) is 1.57. The third-order valence-electron chi connectivity index (χ3n) is 3.79. The number of carbonyl (C=O) groups excluding carboxylic acids is 1. The van der Waals surface area contributed by atoms with Crippen molar-refractivity contribution in [2.24, 2.45) is 0 Å². The van der Waals surface area contributed by atoms with E-state index < -0.39 is 0 Å². The number of hydrogen-bond donors (Lipinski definition) is 0. The molecule has 0 saturated carbocycles. The van der Waals surface area contributed by atoms with E-state index in [1.807, 2.05) is 48.5 Å². The highest BCUT2D eigenvalue weighted by Crippen LogP contribution is 2.36. The van der Waals surface area contributed by atoms with Gasteiger partial charge in [-0.1, -0.05) is 72.4 Å². The highest BCUT2D eigenvalue weighted by Gasteiger charge is 2.12. The maximum atomic E-state index is 12.3. The van der Waals surface area contributed by atoms with Gasteiger partial charge in [-0.2, -0.15) is 0 Å². The van der Waals surface area contributed by atoms with Crippen LogP contribution in [0.4, 0.5) is 0 Å². The normalized spacial score (nSPS) is 10.9. The maximum absolute atomic E-state index is 12.3. The third-order valence-corrected chi connectivity index (χ3v) is 5.88. The minimum atomic E-state index is 0.107. The number of nitrogens with zero attached hydrogens (tertiary/aromatic N) is 2. The molecule has 4 rings (SSSR count). The molecule has 0 aliphatic heterocycles. The Balaban J connectivity index is 1.60. The average Bonchev–Trinajstić information content (AvgIpc) is 3.12. The largest absolute Gasteiger partial charge is 0.293 e. The highest BCUT2D eigenvalue weighted by atomic mass is 32.2. The lowest BCUT2D eigenvalue weighted by Crippen LogP contribution is -2.02. The molecule has 0 N–H and O–H groups in total. The van der Waals surface area contributed by atoms with Gasteiger partial charge in [0.2, 0.25) is 0 Å². The summed E-state index contributed by atoms with van der Waals surface area (Å²) in [4.78, 5) is 23.2. The zero-order chi connectivity index (χ0) is 17.1. The zero-order valence-electron chi connectivity index (χ0n) is 13.3. The molecule has 0 unspecified atom stereocenters. The van der Waals surface area contributed by atoms with E-state index in [9.17, 15) is 4.79 Å². The van der Waals surface area contributed by atoms with Gasteiger partial charge in [0.1, 0.15) is 16.2 Å². The lowest BCUT2D eigenvalue weighted by molar-refractivity contribution is 0.102. The molecule has 25 heavy (non-hydrogen) atoms. The second-order valence-corrected chi connectivity index (χ2v) is 7.45. The Hall–Kier alpha value is -2.50. The minimum absolute atomic E-state index is 0.107. The highest BCUT2D eigenvalue weighted by molar-refractivity contribution is 8.00. The van der Waals surface area contributed by atoms with Crippen molar-refractivity contribution in [2.45, 2.75) is 5.03 Å². The van der Waals surface area contributed by atoms with Crippen LogP contribution in [0.15, 0.2) is 78.1 Å². The first kappa shape index (κ1) is 16.0. The fraction of sp³-hybridized carbons (Fsp3) is 0.0500. The number of hydrogen-bond acceptors (Lipinski definition) is 5. The molecule has 0 fully saturated rings. The lowest BCUT2D eigenvalue weighted by atomic mass is 10.2. The Morgan fingerprint density at radius 3 is 2.44 bits per heavy atom. The first-order chi connectivity index (χ1) is 12.3. The zero-order valence-corrected chi connectivity index (χ0v) is 14.9. The fourth-order valence-electron chi connectivity index (χ4n) is 2.53. The van der Waals surface area contributed by atoms with Crippen LogP contribution in [0.2, 0.25) is 0 Å². The smallest absolute Gasteiger partial charge is 0.173 e. The predicted molar refractivity (Wildman–Crippen MR) is 104 cm³/mol. The molecule has 0 aliphatic carbocycles. The second-order valence-electron chi connectivity index (χ2n) is 5.45. The molecule has 122 valence electrons. The topological polar surface area (TPSA) is 42.9 Å². The predicted octanol–water partition coefficient (Wildman–Crippen LogP) is 5.33. The lowest BCUT2D eigenvalue weighted by Gasteiger charge is -2.02.